The number of hydrogen-bond donors (Lipinski definition) is 2. The van der Waals surface area contributed by atoms with E-state index in [1.807, 2.05) is 38.4 Å². The highest BCUT2D eigenvalue weighted by atomic mass is 32.1. The molecule has 2 N–H and O–H groups in total. The lowest BCUT2D eigenvalue weighted by Crippen LogP contribution is -2.35. The maximum atomic E-state index is 14.1. The van der Waals surface area contributed by atoms with Crippen LogP contribution in [0.5, 0.6) is 0 Å². The third-order valence-electron chi connectivity index (χ3n) is 6.17. The Kier molecular flexibility index (Phi) is 6.86. The van der Waals surface area contributed by atoms with Crippen molar-refractivity contribution in [2.75, 3.05) is 26.0 Å². The van der Waals surface area contributed by atoms with Gasteiger partial charge in [0.1, 0.15) is 11.5 Å². The highest BCUT2D eigenvalue weighted by Crippen LogP contribution is 2.44. The van der Waals surface area contributed by atoms with E-state index in [0.717, 1.165) is 28.8 Å². The van der Waals surface area contributed by atoms with Crippen LogP contribution in [0.4, 0.5) is 19.0 Å². The molecular formula is C23H30F3N7S. The second-order valence-electron chi connectivity index (χ2n) is 9.33. The van der Waals surface area contributed by atoms with Crippen molar-refractivity contribution in [3.05, 3.63) is 46.2 Å². The van der Waals surface area contributed by atoms with Gasteiger partial charge in [0.25, 0.3) is 0 Å². The molecule has 2 aromatic heterocycles. The van der Waals surface area contributed by atoms with Gasteiger partial charge in [0.05, 0.1) is 6.04 Å². The van der Waals surface area contributed by atoms with E-state index in [-0.39, 0.29) is 6.42 Å². The Balaban J connectivity index is 1.67. The van der Waals surface area contributed by atoms with Gasteiger partial charge in [0.15, 0.2) is 16.6 Å². The molecule has 11 heteroatoms. The van der Waals surface area contributed by atoms with Gasteiger partial charge in [0, 0.05) is 19.0 Å². The molecule has 0 spiro atoms. The summed E-state index contributed by atoms with van der Waals surface area (Å²) in [6.45, 7) is 5.61. The molecule has 0 aliphatic carbocycles. The number of rotatable bonds is 7. The van der Waals surface area contributed by atoms with Crippen molar-refractivity contribution in [2.24, 2.45) is 0 Å². The van der Waals surface area contributed by atoms with Crippen molar-refractivity contribution >= 4 is 18.0 Å². The van der Waals surface area contributed by atoms with Crippen molar-refractivity contribution < 1.29 is 13.2 Å². The molecule has 184 valence electrons. The minimum Gasteiger partial charge on any atom is -0.363 e. The van der Waals surface area contributed by atoms with Gasteiger partial charge in [-0.3, -0.25) is 9.67 Å². The molecule has 4 rings (SSSR count). The topological polar surface area (TPSA) is 66.7 Å². The van der Waals surface area contributed by atoms with Crippen molar-refractivity contribution in [3.63, 3.8) is 0 Å². The van der Waals surface area contributed by atoms with Gasteiger partial charge in [-0.1, -0.05) is 38.1 Å². The summed E-state index contributed by atoms with van der Waals surface area (Å²) in [5, 5.41) is 14.6. The number of benzene rings is 1. The van der Waals surface area contributed by atoms with E-state index in [1.54, 1.807) is 10.6 Å². The summed E-state index contributed by atoms with van der Waals surface area (Å²) >= 11 is 5.36. The van der Waals surface area contributed by atoms with Gasteiger partial charge in [-0.2, -0.15) is 23.4 Å². The van der Waals surface area contributed by atoms with Crippen molar-refractivity contribution in [1.29, 1.82) is 0 Å². The SMILES string of the molecule is CC(C)c1ccc([C@@H]2C[C@H](C(F)(F)F)n3nc(-c4n[nH]c(=S)n4CCCN(C)C)cc3N2)cc1. The molecule has 0 fully saturated rings. The highest BCUT2D eigenvalue weighted by Gasteiger charge is 2.46. The minimum absolute atomic E-state index is 0.145. The highest BCUT2D eigenvalue weighted by molar-refractivity contribution is 7.71. The van der Waals surface area contributed by atoms with E-state index in [9.17, 15) is 13.2 Å². The maximum absolute atomic E-state index is 14.1. The van der Waals surface area contributed by atoms with Gasteiger partial charge in [0.2, 0.25) is 0 Å². The molecule has 1 aliphatic heterocycles. The Bertz CT molecular complexity index is 1170. The van der Waals surface area contributed by atoms with Crippen molar-refractivity contribution in [2.45, 2.75) is 57.4 Å². The number of nitrogens with one attached hydrogen (secondary N) is 2. The van der Waals surface area contributed by atoms with Crippen LogP contribution in [0.1, 0.15) is 55.8 Å². The molecule has 0 unspecified atom stereocenters. The molecule has 0 saturated heterocycles. The van der Waals surface area contributed by atoms with E-state index < -0.39 is 18.3 Å². The number of aromatic nitrogens is 5. The third-order valence-corrected chi connectivity index (χ3v) is 6.48. The van der Waals surface area contributed by atoms with Crippen LogP contribution in [0.25, 0.3) is 11.5 Å². The predicted octanol–water partition coefficient (Wildman–Crippen LogP) is 5.54. The lowest BCUT2D eigenvalue weighted by Gasteiger charge is -2.33. The van der Waals surface area contributed by atoms with Crippen LogP contribution in [-0.2, 0) is 6.54 Å². The summed E-state index contributed by atoms with van der Waals surface area (Å²) in [6.07, 6.45) is -3.76. The Hall–Kier alpha value is -2.66. The van der Waals surface area contributed by atoms with Gasteiger partial charge in [-0.25, -0.2) is 4.68 Å². The zero-order chi connectivity index (χ0) is 24.6. The number of aromatic amines is 1. The number of anilines is 1. The maximum Gasteiger partial charge on any atom is 0.410 e. The van der Waals surface area contributed by atoms with Crippen LogP contribution >= 0.6 is 12.2 Å². The summed E-state index contributed by atoms with van der Waals surface area (Å²) in [5.41, 5.74) is 2.32. The molecule has 0 saturated carbocycles. The largest absolute Gasteiger partial charge is 0.410 e. The average molecular weight is 494 g/mol. The van der Waals surface area contributed by atoms with E-state index in [0.29, 0.717) is 34.6 Å². The molecule has 0 bridgehead atoms. The zero-order valence-electron chi connectivity index (χ0n) is 19.7. The number of hydrogen-bond acceptors (Lipinski definition) is 5. The first-order valence-corrected chi connectivity index (χ1v) is 11.8. The van der Waals surface area contributed by atoms with Crippen LogP contribution in [-0.4, -0.2) is 56.3 Å². The normalized spacial score (nSPS) is 18.4. The smallest absolute Gasteiger partial charge is 0.363 e. The number of halogens is 3. The predicted molar refractivity (Wildman–Crippen MR) is 128 cm³/mol. The van der Waals surface area contributed by atoms with Crippen molar-refractivity contribution in [3.8, 4) is 11.5 Å². The molecule has 3 aromatic rings. The average Bonchev–Trinajstić information content (AvgIpc) is 3.35. The number of nitrogens with zero attached hydrogens (tertiary/aromatic N) is 5. The number of H-pyrrole nitrogens is 1. The molecule has 2 atom stereocenters. The minimum atomic E-state index is -4.44. The second kappa shape index (κ2) is 9.53. The van der Waals surface area contributed by atoms with Gasteiger partial charge < -0.3 is 10.2 Å². The first kappa shape index (κ1) is 24.5. The Morgan fingerprint density at radius 1 is 1.21 bits per heavy atom. The summed E-state index contributed by atoms with van der Waals surface area (Å²) in [4.78, 5) is 2.06. The zero-order valence-corrected chi connectivity index (χ0v) is 20.5. The fourth-order valence-corrected chi connectivity index (χ4v) is 4.50. The van der Waals surface area contributed by atoms with E-state index in [1.165, 1.54) is 0 Å². The molecule has 1 aliphatic rings. The van der Waals surface area contributed by atoms with Crippen LogP contribution in [0.3, 0.4) is 0 Å². The van der Waals surface area contributed by atoms with Crippen LogP contribution in [0, 0.1) is 4.77 Å². The molecule has 0 amide bonds. The first-order chi connectivity index (χ1) is 16.0. The third kappa shape index (κ3) is 5.05. The lowest BCUT2D eigenvalue weighted by molar-refractivity contribution is -0.173. The number of alkyl halides is 3. The molecule has 1 aromatic carbocycles. The van der Waals surface area contributed by atoms with E-state index in [2.05, 4.69) is 39.4 Å². The summed E-state index contributed by atoms with van der Waals surface area (Å²) in [6, 6.07) is 7.18. The van der Waals surface area contributed by atoms with E-state index in [4.69, 9.17) is 12.2 Å². The Morgan fingerprint density at radius 3 is 2.53 bits per heavy atom. The van der Waals surface area contributed by atoms with Gasteiger partial charge >= 0.3 is 6.18 Å². The van der Waals surface area contributed by atoms with Crippen LogP contribution < -0.4 is 5.32 Å². The quantitative estimate of drug-likeness (QED) is 0.423. The fourth-order valence-electron chi connectivity index (χ4n) is 4.28. The van der Waals surface area contributed by atoms with Gasteiger partial charge in [-0.05, 0) is 56.3 Å². The first-order valence-electron chi connectivity index (χ1n) is 11.4. The molecular weight excluding hydrogens is 463 g/mol. The Labute approximate surface area is 202 Å². The summed E-state index contributed by atoms with van der Waals surface area (Å²) in [7, 11) is 3.96. The fraction of sp³-hybridized carbons (Fsp3) is 0.522. The monoisotopic (exact) mass is 493 g/mol. The van der Waals surface area contributed by atoms with Crippen LogP contribution in [0.2, 0.25) is 0 Å². The van der Waals surface area contributed by atoms with Crippen molar-refractivity contribution in [1.82, 2.24) is 29.4 Å². The standard InChI is InChI=1S/C23H30F3N7S/c1-14(2)15-6-8-16(9-7-15)17-12-19(23(24,25)26)33-20(27-17)13-18(30-33)21-28-29-22(34)32(21)11-5-10-31(3)4/h6-9,13-14,17,19,27H,5,10-12H2,1-4H3,(H,29,34)/t17-,19+/m0/s1. The Morgan fingerprint density at radius 2 is 1.91 bits per heavy atom. The molecule has 3 heterocycles. The van der Waals surface area contributed by atoms with Crippen LogP contribution in [0.15, 0.2) is 30.3 Å². The number of fused-ring (bicyclic) bond motifs is 1. The molecule has 34 heavy (non-hydrogen) atoms. The molecule has 7 nitrogen and oxygen atoms in total. The van der Waals surface area contributed by atoms with Gasteiger partial charge in [-0.15, -0.1) is 0 Å². The second-order valence-corrected chi connectivity index (χ2v) is 9.72. The summed E-state index contributed by atoms with van der Waals surface area (Å²) < 4.78 is 45.5. The lowest BCUT2D eigenvalue weighted by atomic mass is 9.94. The summed E-state index contributed by atoms with van der Waals surface area (Å²) in [5.74, 6) is 1.11. The molecule has 0 radical (unpaired) electrons. The van der Waals surface area contributed by atoms with E-state index >= 15 is 0 Å².